The molecule has 1 amide bonds. The van der Waals surface area contributed by atoms with Gasteiger partial charge >= 0.3 is 0 Å². The smallest absolute Gasteiger partial charge is 0.244 e. The zero-order valence-corrected chi connectivity index (χ0v) is 15.0. The van der Waals surface area contributed by atoms with E-state index in [4.69, 9.17) is 4.42 Å². The van der Waals surface area contributed by atoms with Gasteiger partial charge in [0.1, 0.15) is 11.5 Å². The van der Waals surface area contributed by atoms with Gasteiger partial charge in [0.25, 0.3) is 0 Å². The van der Waals surface area contributed by atoms with Gasteiger partial charge in [-0.1, -0.05) is 34.1 Å². The van der Waals surface area contributed by atoms with Gasteiger partial charge < -0.3 is 4.42 Å². The summed E-state index contributed by atoms with van der Waals surface area (Å²) in [6.45, 7) is 0. The largest absolute Gasteiger partial charge is 0.455 e. The van der Waals surface area contributed by atoms with Crippen LogP contribution >= 0.6 is 15.9 Å². The standard InChI is InChI=1S/C16H15BrN2O4S/c17-14-4-2-1-3-13(14)15-6-5-12(23-15)9-18-19-16(20)11-7-8-24(21,22)10-11/h1-6,9,11H,7-8,10H2,(H,19,20)/b18-9-/t11-/m0/s1. The Labute approximate surface area is 148 Å². The molecule has 2 aromatic rings. The van der Waals surface area contributed by atoms with Crippen LogP contribution in [0.15, 0.2) is 50.4 Å². The van der Waals surface area contributed by atoms with Crippen molar-refractivity contribution < 1.29 is 17.6 Å². The van der Waals surface area contributed by atoms with Gasteiger partial charge in [-0.2, -0.15) is 5.10 Å². The van der Waals surface area contributed by atoms with Gasteiger partial charge in [0.15, 0.2) is 9.84 Å². The average molecular weight is 411 g/mol. The van der Waals surface area contributed by atoms with Crippen LogP contribution in [-0.2, 0) is 14.6 Å². The van der Waals surface area contributed by atoms with E-state index in [9.17, 15) is 13.2 Å². The number of hydrogen-bond donors (Lipinski definition) is 1. The van der Waals surface area contributed by atoms with Gasteiger partial charge in [-0.3, -0.25) is 4.79 Å². The van der Waals surface area contributed by atoms with Crippen LogP contribution in [0.3, 0.4) is 0 Å². The first-order valence-corrected chi connectivity index (χ1v) is 9.94. The maximum Gasteiger partial charge on any atom is 0.244 e. The number of benzene rings is 1. The van der Waals surface area contributed by atoms with E-state index in [0.717, 1.165) is 10.0 Å². The molecule has 1 fully saturated rings. The molecule has 1 aromatic heterocycles. The van der Waals surface area contributed by atoms with Crippen molar-refractivity contribution >= 4 is 37.9 Å². The highest BCUT2D eigenvalue weighted by molar-refractivity contribution is 9.10. The molecule has 3 rings (SSSR count). The molecule has 1 N–H and O–H groups in total. The van der Waals surface area contributed by atoms with Gasteiger partial charge in [-0.25, -0.2) is 13.8 Å². The zero-order chi connectivity index (χ0) is 17.2. The molecule has 8 heteroatoms. The summed E-state index contributed by atoms with van der Waals surface area (Å²) in [6.07, 6.45) is 1.73. The van der Waals surface area contributed by atoms with Crippen LogP contribution in [0.4, 0.5) is 0 Å². The number of hydrazone groups is 1. The second kappa shape index (κ2) is 6.90. The number of furan rings is 1. The molecule has 0 saturated carbocycles. The Morgan fingerprint density at radius 3 is 2.79 bits per heavy atom. The van der Waals surface area contributed by atoms with E-state index in [2.05, 4.69) is 26.5 Å². The summed E-state index contributed by atoms with van der Waals surface area (Å²) in [5.74, 6) is 0.200. The van der Waals surface area contributed by atoms with Crippen molar-refractivity contribution in [1.82, 2.24) is 5.43 Å². The van der Waals surface area contributed by atoms with Gasteiger partial charge in [0.2, 0.25) is 5.91 Å². The Kier molecular flexibility index (Phi) is 4.86. The van der Waals surface area contributed by atoms with Gasteiger partial charge in [-0.05, 0) is 24.6 Å². The van der Waals surface area contributed by atoms with Crippen LogP contribution in [0.2, 0.25) is 0 Å². The number of hydrogen-bond acceptors (Lipinski definition) is 5. The lowest BCUT2D eigenvalue weighted by Gasteiger charge is -2.04. The molecule has 0 bridgehead atoms. The molecule has 24 heavy (non-hydrogen) atoms. The van der Waals surface area contributed by atoms with Crippen molar-refractivity contribution in [3.63, 3.8) is 0 Å². The third-order valence-corrected chi connectivity index (χ3v) is 6.20. The number of nitrogens with zero attached hydrogens (tertiary/aromatic N) is 1. The molecule has 1 aliphatic heterocycles. The number of sulfone groups is 1. The van der Waals surface area contributed by atoms with E-state index >= 15 is 0 Å². The molecule has 1 atom stereocenters. The molecule has 1 aromatic carbocycles. The molecular formula is C16H15BrN2O4S. The van der Waals surface area contributed by atoms with Crippen molar-refractivity contribution in [2.45, 2.75) is 6.42 Å². The van der Waals surface area contributed by atoms with E-state index < -0.39 is 15.8 Å². The second-order valence-corrected chi connectivity index (χ2v) is 8.60. The van der Waals surface area contributed by atoms with Gasteiger partial charge in [0, 0.05) is 10.0 Å². The average Bonchev–Trinajstić information content (AvgIpc) is 3.14. The van der Waals surface area contributed by atoms with E-state index in [-0.39, 0.29) is 17.4 Å². The second-order valence-electron chi connectivity index (χ2n) is 5.52. The molecule has 2 heterocycles. The van der Waals surface area contributed by atoms with Gasteiger partial charge in [0.05, 0.1) is 23.6 Å². The minimum atomic E-state index is -3.08. The van der Waals surface area contributed by atoms with E-state index in [0.29, 0.717) is 17.9 Å². The first-order chi connectivity index (χ1) is 11.4. The minimum absolute atomic E-state index is 0.0578. The summed E-state index contributed by atoms with van der Waals surface area (Å²) in [6, 6.07) is 11.2. The number of carbonyl (C=O) groups is 1. The lowest BCUT2D eigenvalue weighted by Crippen LogP contribution is -2.27. The molecule has 1 aliphatic rings. The maximum absolute atomic E-state index is 11.9. The summed E-state index contributed by atoms with van der Waals surface area (Å²) in [4.78, 5) is 11.9. The Bertz CT molecular complexity index is 889. The summed E-state index contributed by atoms with van der Waals surface area (Å²) < 4.78 is 29.3. The molecule has 0 unspecified atom stereocenters. The lowest BCUT2D eigenvalue weighted by molar-refractivity contribution is -0.124. The third-order valence-electron chi connectivity index (χ3n) is 3.74. The number of carbonyl (C=O) groups excluding carboxylic acids is 1. The Hall–Kier alpha value is -1.93. The minimum Gasteiger partial charge on any atom is -0.455 e. The summed E-state index contributed by atoms with van der Waals surface area (Å²) in [5.41, 5.74) is 3.28. The predicted molar refractivity (Wildman–Crippen MR) is 94.3 cm³/mol. The predicted octanol–water partition coefficient (Wildman–Crippen LogP) is 2.59. The monoisotopic (exact) mass is 410 g/mol. The fourth-order valence-corrected chi connectivity index (χ4v) is 4.70. The number of amides is 1. The fourth-order valence-electron chi connectivity index (χ4n) is 2.48. The van der Waals surface area contributed by atoms with Crippen LogP contribution in [0.25, 0.3) is 11.3 Å². The highest BCUT2D eigenvalue weighted by Gasteiger charge is 2.32. The molecule has 0 aliphatic carbocycles. The summed E-state index contributed by atoms with van der Waals surface area (Å²) >= 11 is 3.46. The van der Waals surface area contributed by atoms with E-state index in [1.165, 1.54) is 6.21 Å². The topological polar surface area (TPSA) is 88.7 Å². The summed E-state index contributed by atoms with van der Waals surface area (Å²) in [5, 5.41) is 3.84. The zero-order valence-electron chi connectivity index (χ0n) is 12.6. The summed E-state index contributed by atoms with van der Waals surface area (Å²) in [7, 11) is -3.08. The quantitative estimate of drug-likeness (QED) is 0.619. The van der Waals surface area contributed by atoms with E-state index in [1.807, 2.05) is 30.3 Å². The highest BCUT2D eigenvalue weighted by Crippen LogP contribution is 2.28. The number of nitrogens with one attached hydrogen (secondary N) is 1. The molecule has 126 valence electrons. The molecule has 1 saturated heterocycles. The van der Waals surface area contributed by atoms with Crippen LogP contribution in [0.1, 0.15) is 12.2 Å². The van der Waals surface area contributed by atoms with Crippen molar-refractivity contribution in [2.24, 2.45) is 11.0 Å². The van der Waals surface area contributed by atoms with Crippen LogP contribution in [-0.4, -0.2) is 32.0 Å². The van der Waals surface area contributed by atoms with Crippen LogP contribution in [0, 0.1) is 5.92 Å². The maximum atomic E-state index is 11.9. The first-order valence-electron chi connectivity index (χ1n) is 7.33. The lowest BCUT2D eigenvalue weighted by atomic mass is 10.1. The Balaban J connectivity index is 1.62. The molecule has 6 nitrogen and oxygen atoms in total. The molecule has 0 spiro atoms. The fraction of sp³-hybridized carbons (Fsp3) is 0.250. The molecular weight excluding hydrogens is 396 g/mol. The van der Waals surface area contributed by atoms with E-state index in [1.54, 1.807) is 6.07 Å². The normalized spacial score (nSPS) is 19.6. The van der Waals surface area contributed by atoms with Crippen molar-refractivity contribution in [2.75, 3.05) is 11.5 Å². The van der Waals surface area contributed by atoms with Crippen molar-refractivity contribution in [1.29, 1.82) is 0 Å². The highest BCUT2D eigenvalue weighted by atomic mass is 79.9. The Morgan fingerprint density at radius 1 is 1.29 bits per heavy atom. The molecule has 0 radical (unpaired) electrons. The SMILES string of the molecule is O=C(N/N=C\c1ccc(-c2ccccc2Br)o1)[C@H]1CCS(=O)(=O)C1. The first kappa shape index (κ1) is 16.9. The van der Waals surface area contributed by atoms with Gasteiger partial charge in [-0.15, -0.1) is 0 Å². The third kappa shape index (κ3) is 3.93. The van der Waals surface area contributed by atoms with Crippen molar-refractivity contribution in [3.8, 4) is 11.3 Å². The van der Waals surface area contributed by atoms with Crippen LogP contribution in [0.5, 0.6) is 0 Å². The van der Waals surface area contributed by atoms with Crippen LogP contribution < -0.4 is 5.43 Å². The Morgan fingerprint density at radius 2 is 2.08 bits per heavy atom. The number of rotatable bonds is 4. The number of halogens is 1. The van der Waals surface area contributed by atoms with Crippen molar-refractivity contribution in [3.05, 3.63) is 46.6 Å².